The van der Waals surface area contributed by atoms with Crippen molar-refractivity contribution < 1.29 is 9.90 Å². The summed E-state index contributed by atoms with van der Waals surface area (Å²) in [4.78, 5) is 12.5. The average molecular weight is 299 g/mol. The molecule has 1 amide bonds. The third-order valence-corrected chi connectivity index (χ3v) is 6.50. The van der Waals surface area contributed by atoms with Crippen LogP contribution >= 0.6 is 0 Å². The summed E-state index contributed by atoms with van der Waals surface area (Å²) in [6.45, 7) is 2.17. The molecule has 0 radical (unpaired) electrons. The Hall–Kier alpha value is -1.51. The predicted octanol–water partition coefficient (Wildman–Crippen LogP) is 3.73. The second-order valence-electron chi connectivity index (χ2n) is 7.99. The van der Waals surface area contributed by atoms with E-state index in [1.54, 1.807) is 24.3 Å². The summed E-state index contributed by atoms with van der Waals surface area (Å²) >= 11 is 0. The lowest BCUT2D eigenvalue weighted by molar-refractivity contribution is -0.0688. The number of phenols is 1. The maximum Gasteiger partial charge on any atom is 0.255 e. The fourth-order valence-corrected chi connectivity index (χ4v) is 5.80. The van der Waals surface area contributed by atoms with E-state index in [4.69, 9.17) is 0 Å². The second-order valence-corrected chi connectivity index (χ2v) is 7.99. The van der Waals surface area contributed by atoms with Gasteiger partial charge in [-0.15, -0.1) is 0 Å². The van der Waals surface area contributed by atoms with E-state index in [0.29, 0.717) is 11.0 Å². The largest absolute Gasteiger partial charge is 0.507 e. The Labute approximate surface area is 132 Å². The van der Waals surface area contributed by atoms with E-state index in [9.17, 15) is 9.90 Å². The Bertz CT molecular complexity index is 560. The molecule has 3 heteroatoms. The molecule has 5 rings (SSSR count). The third-order valence-electron chi connectivity index (χ3n) is 6.50. The van der Waals surface area contributed by atoms with Crippen LogP contribution in [0.5, 0.6) is 5.75 Å². The van der Waals surface area contributed by atoms with Gasteiger partial charge in [0.25, 0.3) is 5.91 Å². The number of rotatable bonds is 3. The SMILES string of the molecule is C[C@H](NC(=O)c1ccccc1O)C12CC3CC(CC(C3)C1)C2. The zero-order valence-corrected chi connectivity index (χ0v) is 13.2. The van der Waals surface area contributed by atoms with Gasteiger partial charge in [0.1, 0.15) is 5.75 Å². The van der Waals surface area contributed by atoms with Crippen molar-refractivity contribution in [3.8, 4) is 5.75 Å². The Morgan fingerprint density at radius 3 is 2.23 bits per heavy atom. The molecule has 0 aromatic heterocycles. The number of para-hydroxylation sites is 1. The van der Waals surface area contributed by atoms with Crippen LogP contribution in [0.4, 0.5) is 0 Å². The molecule has 1 aromatic carbocycles. The van der Waals surface area contributed by atoms with Gasteiger partial charge in [0, 0.05) is 6.04 Å². The minimum atomic E-state index is -0.138. The zero-order chi connectivity index (χ0) is 15.3. The van der Waals surface area contributed by atoms with Gasteiger partial charge in [0.15, 0.2) is 0 Å². The molecule has 22 heavy (non-hydrogen) atoms. The van der Waals surface area contributed by atoms with Crippen molar-refractivity contribution >= 4 is 5.91 Å². The summed E-state index contributed by atoms with van der Waals surface area (Å²) in [5.41, 5.74) is 0.688. The van der Waals surface area contributed by atoms with Gasteiger partial charge in [-0.3, -0.25) is 4.79 Å². The van der Waals surface area contributed by atoms with Gasteiger partial charge in [-0.1, -0.05) is 12.1 Å². The molecule has 4 saturated carbocycles. The molecule has 4 bridgehead atoms. The van der Waals surface area contributed by atoms with Crippen LogP contribution in [0.2, 0.25) is 0 Å². The molecular formula is C19H25NO2. The summed E-state index contributed by atoms with van der Waals surface area (Å²) in [5.74, 6) is 2.58. The fourth-order valence-electron chi connectivity index (χ4n) is 5.80. The molecule has 4 fully saturated rings. The van der Waals surface area contributed by atoms with Gasteiger partial charge < -0.3 is 10.4 Å². The van der Waals surface area contributed by atoms with Crippen LogP contribution in [0.3, 0.4) is 0 Å². The number of amides is 1. The molecule has 1 atom stereocenters. The lowest BCUT2D eigenvalue weighted by Crippen LogP contribution is -2.55. The first-order chi connectivity index (χ1) is 10.6. The molecule has 0 aliphatic heterocycles. The minimum absolute atomic E-state index is 0.0673. The predicted molar refractivity (Wildman–Crippen MR) is 85.6 cm³/mol. The van der Waals surface area contributed by atoms with Crippen molar-refractivity contribution in [3.05, 3.63) is 29.8 Å². The Balaban J connectivity index is 1.52. The fraction of sp³-hybridized carbons (Fsp3) is 0.632. The van der Waals surface area contributed by atoms with Crippen LogP contribution in [0.25, 0.3) is 0 Å². The molecule has 0 unspecified atom stereocenters. The Morgan fingerprint density at radius 1 is 1.14 bits per heavy atom. The number of carbonyl (C=O) groups excluding carboxylic acids is 1. The van der Waals surface area contributed by atoms with E-state index in [2.05, 4.69) is 12.2 Å². The highest BCUT2D eigenvalue weighted by atomic mass is 16.3. The third kappa shape index (κ3) is 2.22. The van der Waals surface area contributed by atoms with Crippen LogP contribution < -0.4 is 5.32 Å². The number of benzene rings is 1. The Kier molecular flexibility index (Phi) is 3.21. The van der Waals surface area contributed by atoms with Gasteiger partial charge in [0.2, 0.25) is 0 Å². The summed E-state index contributed by atoms with van der Waals surface area (Å²) in [6.07, 6.45) is 8.09. The van der Waals surface area contributed by atoms with E-state index < -0.39 is 0 Å². The zero-order valence-electron chi connectivity index (χ0n) is 13.2. The van der Waals surface area contributed by atoms with Crippen molar-refractivity contribution in [3.63, 3.8) is 0 Å². The topological polar surface area (TPSA) is 49.3 Å². The molecule has 3 nitrogen and oxygen atoms in total. The molecule has 4 aliphatic carbocycles. The highest BCUT2D eigenvalue weighted by molar-refractivity contribution is 5.96. The van der Waals surface area contributed by atoms with E-state index in [0.717, 1.165) is 17.8 Å². The normalized spacial score (nSPS) is 37.0. The minimum Gasteiger partial charge on any atom is -0.507 e. The highest BCUT2D eigenvalue weighted by Gasteiger charge is 2.53. The van der Waals surface area contributed by atoms with Crippen LogP contribution in [-0.2, 0) is 0 Å². The van der Waals surface area contributed by atoms with Crippen molar-refractivity contribution in [2.75, 3.05) is 0 Å². The quantitative estimate of drug-likeness (QED) is 0.893. The number of carbonyl (C=O) groups is 1. The first kappa shape index (κ1) is 14.1. The lowest BCUT2D eigenvalue weighted by Gasteiger charge is -2.59. The number of hydrogen-bond acceptors (Lipinski definition) is 2. The lowest BCUT2D eigenvalue weighted by atomic mass is 9.48. The standard InChI is InChI=1S/C19H25NO2/c1-12(20-18(22)16-4-2-3-5-17(16)21)19-9-13-6-14(10-19)8-15(7-13)11-19/h2-5,12-15,21H,6-11H2,1H3,(H,20,22)/t12-,13?,14?,15?,19?/m0/s1. The first-order valence-electron chi connectivity index (χ1n) is 8.64. The summed E-state index contributed by atoms with van der Waals surface area (Å²) < 4.78 is 0. The van der Waals surface area contributed by atoms with Crippen LogP contribution in [0, 0.1) is 23.2 Å². The van der Waals surface area contributed by atoms with E-state index in [1.165, 1.54) is 38.5 Å². The number of hydrogen-bond donors (Lipinski definition) is 2. The number of phenolic OH excluding ortho intramolecular Hbond substituents is 1. The van der Waals surface area contributed by atoms with Crippen molar-refractivity contribution in [1.82, 2.24) is 5.32 Å². The molecule has 4 aliphatic rings. The number of aromatic hydroxyl groups is 1. The van der Waals surface area contributed by atoms with Crippen molar-refractivity contribution in [2.45, 2.75) is 51.5 Å². The van der Waals surface area contributed by atoms with Crippen LogP contribution in [0.15, 0.2) is 24.3 Å². The van der Waals surface area contributed by atoms with E-state index in [-0.39, 0.29) is 17.7 Å². The van der Waals surface area contributed by atoms with Crippen molar-refractivity contribution in [1.29, 1.82) is 0 Å². The van der Waals surface area contributed by atoms with Gasteiger partial charge in [-0.2, -0.15) is 0 Å². The van der Waals surface area contributed by atoms with E-state index in [1.807, 2.05) is 0 Å². The van der Waals surface area contributed by atoms with Gasteiger partial charge in [-0.05, 0) is 80.8 Å². The highest BCUT2D eigenvalue weighted by Crippen LogP contribution is 2.61. The van der Waals surface area contributed by atoms with Crippen molar-refractivity contribution in [2.24, 2.45) is 23.2 Å². The second kappa shape index (κ2) is 5.00. The Morgan fingerprint density at radius 2 is 1.68 bits per heavy atom. The summed E-state index contributed by atoms with van der Waals surface area (Å²) in [6, 6.07) is 6.99. The smallest absolute Gasteiger partial charge is 0.255 e. The van der Waals surface area contributed by atoms with E-state index >= 15 is 0 Å². The van der Waals surface area contributed by atoms with Crippen LogP contribution in [0.1, 0.15) is 55.8 Å². The van der Waals surface area contributed by atoms with Crippen LogP contribution in [-0.4, -0.2) is 17.1 Å². The molecule has 1 aromatic rings. The summed E-state index contributed by atoms with van der Waals surface area (Å²) in [7, 11) is 0. The molecule has 118 valence electrons. The molecular weight excluding hydrogens is 274 g/mol. The maximum atomic E-state index is 12.5. The van der Waals surface area contributed by atoms with Gasteiger partial charge >= 0.3 is 0 Å². The first-order valence-corrected chi connectivity index (χ1v) is 8.64. The molecule has 0 saturated heterocycles. The average Bonchev–Trinajstić information content (AvgIpc) is 2.46. The monoisotopic (exact) mass is 299 g/mol. The summed E-state index contributed by atoms with van der Waals surface area (Å²) in [5, 5.41) is 13.1. The van der Waals surface area contributed by atoms with Gasteiger partial charge in [0.05, 0.1) is 5.56 Å². The maximum absolute atomic E-state index is 12.5. The van der Waals surface area contributed by atoms with Gasteiger partial charge in [-0.25, -0.2) is 0 Å². The molecule has 0 heterocycles. The molecule has 2 N–H and O–H groups in total. The molecule has 0 spiro atoms. The number of nitrogens with one attached hydrogen (secondary N) is 1.